The first-order valence-electron chi connectivity index (χ1n) is 6.02. The Morgan fingerprint density at radius 3 is 2.74 bits per heavy atom. The average molecular weight is 347 g/mol. The molecule has 19 heavy (non-hydrogen) atoms. The Labute approximate surface area is 121 Å². The molecule has 1 aromatic carbocycles. The lowest BCUT2D eigenvalue weighted by Crippen LogP contribution is -2.56. The Morgan fingerprint density at radius 2 is 2.11 bits per heavy atom. The highest BCUT2D eigenvalue weighted by Crippen LogP contribution is 2.27. The van der Waals surface area contributed by atoms with Crippen LogP contribution in [-0.2, 0) is 14.8 Å². The summed E-state index contributed by atoms with van der Waals surface area (Å²) in [4.78, 5) is 12.0. The van der Waals surface area contributed by atoms with Gasteiger partial charge in [0.15, 0.2) is 0 Å². The first-order valence-corrected chi connectivity index (χ1v) is 8.26. The summed E-state index contributed by atoms with van der Waals surface area (Å²) in [6.07, 6.45) is 0.454. The van der Waals surface area contributed by atoms with Crippen LogP contribution in [-0.4, -0.2) is 37.8 Å². The van der Waals surface area contributed by atoms with Crippen LogP contribution in [0.15, 0.2) is 33.6 Å². The van der Waals surface area contributed by atoms with Gasteiger partial charge in [0.1, 0.15) is 6.04 Å². The second-order valence-electron chi connectivity index (χ2n) is 4.26. The molecule has 0 aromatic heterocycles. The van der Waals surface area contributed by atoms with Crippen molar-refractivity contribution < 1.29 is 13.2 Å². The predicted octanol–water partition coefficient (Wildman–Crippen LogP) is 1.35. The van der Waals surface area contributed by atoms with Crippen molar-refractivity contribution in [3.05, 3.63) is 28.7 Å². The van der Waals surface area contributed by atoms with Crippen LogP contribution in [0.5, 0.6) is 0 Å². The Balaban J connectivity index is 2.44. The number of benzene rings is 1. The highest BCUT2D eigenvalue weighted by molar-refractivity contribution is 9.10. The van der Waals surface area contributed by atoms with Crippen LogP contribution in [0.4, 0.5) is 0 Å². The number of nitrogens with zero attached hydrogens (tertiary/aromatic N) is 1. The van der Waals surface area contributed by atoms with E-state index < -0.39 is 16.1 Å². The smallest absolute Gasteiger partial charge is 0.244 e. The number of hydrogen-bond donors (Lipinski definition) is 1. The monoisotopic (exact) mass is 346 g/mol. The topological polar surface area (TPSA) is 66.5 Å². The van der Waals surface area contributed by atoms with Gasteiger partial charge >= 0.3 is 0 Å². The van der Waals surface area contributed by atoms with Crippen molar-refractivity contribution in [2.75, 3.05) is 13.1 Å². The molecule has 1 saturated heterocycles. The van der Waals surface area contributed by atoms with Crippen LogP contribution in [0.25, 0.3) is 0 Å². The van der Waals surface area contributed by atoms with Gasteiger partial charge in [0.25, 0.3) is 0 Å². The summed E-state index contributed by atoms with van der Waals surface area (Å²) in [5.41, 5.74) is 0. The predicted molar refractivity (Wildman–Crippen MR) is 75.1 cm³/mol. The van der Waals surface area contributed by atoms with Gasteiger partial charge in [0, 0.05) is 17.6 Å². The fourth-order valence-corrected chi connectivity index (χ4v) is 4.78. The molecule has 0 radical (unpaired) electrons. The third-order valence-electron chi connectivity index (χ3n) is 3.09. The minimum atomic E-state index is -3.66. The van der Waals surface area contributed by atoms with Gasteiger partial charge in [-0.3, -0.25) is 4.79 Å². The molecule has 1 aliphatic rings. The van der Waals surface area contributed by atoms with Crippen LogP contribution in [0.2, 0.25) is 0 Å². The number of carbonyl (C=O) groups excluding carboxylic acids is 1. The highest BCUT2D eigenvalue weighted by atomic mass is 79.9. The Bertz CT molecular complexity index is 588. The first-order chi connectivity index (χ1) is 8.98. The average Bonchev–Trinajstić information content (AvgIpc) is 2.38. The van der Waals surface area contributed by atoms with E-state index in [4.69, 9.17) is 0 Å². The van der Waals surface area contributed by atoms with Gasteiger partial charge in [-0.25, -0.2) is 8.42 Å². The zero-order valence-corrected chi connectivity index (χ0v) is 12.9. The van der Waals surface area contributed by atoms with E-state index >= 15 is 0 Å². The molecule has 0 bridgehead atoms. The second-order valence-corrected chi connectivity index (χ2v) is 6.97. The van der Waals surface area contributed by atoms with Crippen molar-refractivity contribution >= 4 is 31.9 Å². The number of amides is 1. The fraction of sp³-hybridized carbons (Fsp3) is 0.417. The number of sulfonamides is 1. The van der Waals surface area contributed by atoms with Crippen molar-refractivity contribution in [3.63, 3.8) is 0 Å². The largest absolute Gasteiger partial charge is 0.353 e. The summed E-state index contributed by atoms with van der Waals surface area (Å²) in [6.45, 7) is 2.45. The third kappa shape index (κ3) is 2.68. The number of carbonyl (C=O) groups is 1. The van der Waals surface area contributed by atoms with E-state index in [9.17, 15) is 13.2 Å². The summed E-state index contributed by atoms with van der Waals surface area (Å²) in [6, 6.07) is 6.01. The van der Waals surface area contributed by atoms with Crippen LogP contribution < -0.4 is 5.32 Å². The van der Waals surface area contributed by atoms with E-state index in [0.29, 0.717) is 24.0 Å². The molecule has 1 atom stereocenters. The van der Waals surface area contributed by atoms with Crippen LogP contribution in [0.3, 0.4) is 0 Å². The van der Waals surface area contributed by atoms with E-state index in [-0.39, 0.29) is 10.8 Å². The zero-order chi connectivity index (χ0) is 14.0. The molecule has 1 unspecified atom stereocenters. The maximum atomic E-state index is 12.6. The van der Waals surface area contributed by atoms with Crippen LogP contribution >= 0.6 is 15.9 Å². The number of rotatable bonds is 3. The lowest BCUT2D eigenvalue weighted by atomic mass is 10.2. The zero-order valence-electron chi connectivity index (χ0n) is 10.5. The SMILES string of the molecule is CCC1C(=O)NCCN1S(=O)(=O)c1ccccc1Br. The standard InChI is InChI=1S/C12H15BrN2O3S/c1-2-10-12(16)14-7-8-15(10)19(17,18)11-6-4-3-5-9(11)13/h3-6,10H,2,7-8H2,1H3,(H,14,16). The van der Waals surface area contributed by atoms with E-state index in [1.165, 1.54) is 4.31 Å². The lowest BCUT2D eigenvalue weighted by molar-refractivity contribution is -0.126. The molecule has 1 fully saturated rings. The molecule has 1 heterocycles. The molecule has 104 valence electrons. The van der Waals surface area contributed by atoms with Crippen molar-refractivity contribution in [2.24, 2.45) is 0 Å². The van der Waals surface area contributed by atoms with Gasteiger partial charge in [-0.2, -0.15) is 4.31 Å². The maximum Gasteiger partial charge on any atom is 0.244 e. The molecular formula is C12H15BrN2O3S. The first kappa shape index (κ1) is 14.5. The van der Waals surface area contributed by atoms with E-state index in [2.05, 4.69) is 21.2 Å². The Kier molecular flexibility index (Phi) is 4.27. The van der Waals surface area contributed by atoms with Gasteiger partial charge in [-0.15, -0.1) is 0 Å². The summed E-state index contributed by atoms with van der Waals surface area (Å²) < 4.78 is 27.1. The molecule has 5 nitrogen and oxygen atoms in total. The maximum absolute atomic E-state index is 12.6. The molecule has 1 N–H and O–H groups in total. The fourth-order valence-electron chi connectivity index (χ4n) is 2.15. The lowest BCUT2D eigenvalue weighted by Gasteiger charge is -2.33. The molecule has 1 aliphatic heterocycles. The van der Waals surface area contributed by atoms with Crippen molar-refractivity contribution in [2.45, 2.75) is 24.3 Å². The molecule has 7 heteroatoms. The van der Waals surface area contributed by atoms with Gasteiger partial charge < -0.3 is 5.32 Å². The number of halogens is 1. The molecule has 0 aliphatic carbocycles. The molecular weight excluding hydrogens is 332 g/mol. The summed E-state index contributed by atoms with van der Waals surface area (Å²) in [5.74, 6) is -0.232. The van der Waals surface area contributed by atoms with Crippen molar-refractivity contribution in [3.8, 4) is 0 Å². The van der Waals surface area contributed by atoms with Gasteiger partial charge in [0.05, 0.1) is 4.90 Å². The third-order valence-corrected chi connectivity index (χ3v) is 6.01. The van der Waals surface area contributed by atoms with Crippen molar-refractivity contribution in [1.29, 1.82) is 0 Å². The van der Waals surface area contributed by atoms with Gasteiger partial charge in [0.2, 0.25) is 15.9 Å². The van der Waals surface area contributed by atoms with Gasteiger partial charge in [-0.05, 0) is 34.5 Å². The van der Waals surface area contributed by atoms with E-state index in [1.54, 1.807) is 31.2 Å². The summed E-state index contributed by atoms with van der Waals surface area (Å²) in [5, 5.41) is 2.69. The minimum absolute atomic E-state index is 0.197. The Hall–Kier alpha value is -0.920. The minimum Gasteiger partial charge on any atom is -0.353 e. The van der Waals surface area contributed by atoms with E-state index in [0.717, 1.165) is 0 Å². The highest BCUT2D eigenvalue weighted by Gasteiger charge is 2.37. The summed E-state index contributed by atoms with van der Waals surface area (Å²) in [7, 11) is -3.66. The van der Waals surface area contributed by atoms with Crippen LogP contribution in [0.1, 0.15) is 13.3 Å². The molecule has 0 saturated carbocycles. The normalized spacial score (nSPS) is 21.2. The van der Waals surface area contributed by atoms with Crippen molar-refractivity contribution in [1.82, 2.24) is 9.62 Å². The molecule has 0 spiro atoms. The quantitative estimate of drug-likeness (QED) is 0.898. The number of hydrogen-bond acceptors (Lipinski definition) is 3. The van der Waals surface area contributed by atoms with Crippen LogP contribution in [0, 0.1) is 0 Å². The summed E-state index contributed by atoms with van der Waals surface area (Å²) >= 11 is 3.25. The molecule has 2 rings (SSSR count). The number of nitrogens with one attached hydrogen (secondary N) is 1. The number of piperazine rings is 1. The Morgan fingerprint density at radius 1 is 1.42 bits per heavy atom. The molecule has 1 amide bonds. The molecule has 1 aromatic rings. The van der Waals surface area contributed by atoms with E-state index in [1.807, 2.05) is 0 Å². The van der Waals surface area contributed by atoms with Gasteiger partial charge in [-0.1, -0.05) is 19.1 Å². The second kappa shape index (κ2) is 5.60.